The summed E-state index contributed by atoms with van der Waals surface area (Å²) in [7, 11) is 0. The molecule has 152 valence electrons. The van der Waals surface area contributed by atoms with E-state index in [0.29, 0.717) is 27.6 Å². The van der Waals surface area contributed by atoms with E-state index in [9.17, 15) is 14.9 Å². The zero-order valence-corrected chi connectivity index (χ0v) is 18.2. The molecular formula is C18H18BrClN6O3. The van der Waals surface area contributed by atoms with Gasteiger partial charge in [-0.3, -0.25) is 24.3 Å². The zero-order valence-electron chi connectivity index (χ0n) is 15.9. The van der Waals surface area contributed by atoms with Crippen molar-refractivity contribution in [3.05, 3.63) is 67.0 Å². The predicted molar refractivity (Wildman–Crippen MR) is 112 cm³/mol. The Kier molecular flexibility index (Phi) is 6.04. The van der Waals surface area contributed by atoms with Gasteiger partial charge in [-0.1, -0.05) is 29.8 Å². The quantitative estimate of drug-likeness (QED) is 0.418. The topological polar surface area (TPSA) is 108 Å². The molecule has 0 bridgehead atoms. The fraction of sp³-hybridized carbons (Fsp3) is 0.278. The Balaban J connectivity index is 1.77. The van der Waals surface area contributed by atoms with E-state index in [1.54, 1.807) is 37.7 Å². The number of hydrogen-bond donors (Lipinski definition) is 1. The first-order valence-electron chi connectivity index (χ1n) is 8.66. The van der Waals surface area contributed by atoms with Gasteiger partial charge < -0.3 is 5.32 Å². The van der Waals surface area contributed by atoms with Crippen molar-refractivity contribution in [2.45, 2.75) is 33.4 Å². The number of anilines is 1. The molecule has 0 spiro atoms. The Morgan fingerprint density at radius 3 is 2.66 bits per heavy atom. The lowest BCUT2D eigenvalue weighted by Crippen LogP contribution is -2.25. The molecule has 0 radical (unpaired) electrons. The summed E-state index contributed by atoms with van der Waals surface area (Å²) in [5.41, 5.74) is 1.39. The molecule has 0 aliphatic heterocycles. The molecule has 29 heavy (non-hydrogen) atoms. The average molecular weight is 482 g/mol. The van der Waals surface area contributed by atoms with Crippen molar-refractivity contribution < 1.29 is 9.72 Å². The Hall–Kier alpha value is -2.72. The van der Waals surface area contributed by atoms with Gasteiger partial charge in [0, 0.05) is 11.2 Å². The highest BCUT2D eigenvalue weighted by molar-refractivity contribution is 9.10. The second-order valence-electron chi connectivity index (χ2n) is 6.50. The smallest absolute Gasteiger partial charge is 0.306 e. The normalized spacial score (nSPS) is 12.0. The number of benzene rings is 1. The molecule has 1 atom stereocenters. The van der Waals surface area contributed by atoms with Gasteiger partial charge >= 0.3 is 5.69 Å². The maximum Gasteiger partial charge on any atom is 0.312 e. The Labute approximate surface area is 179 Å². The molecule has 0 aliphatic rings. The zero-order chi connectivity index (χ0) is 21.3. The third kappa shape index (κ3) is 4.33. The fourth-order valence-electron chi connectivity index (χ4n) is 2.99. The Morgan fingerprint density at radius 1 is 1.34 bits per heavy atom. The highest BCUT2D eigenvalue weighted by atomic mass is 79.9. The first-order valence-corrected chi connectivity index (χ1v) is 9.83. The molecule has 0 saturated heterocycles. The number of rotatable bonds is 6. The van der Waals surface area contributed by atoms with Crippen LogP contribution in [0.1, 0.15) is 29.9 Å². The van der Waals surface area contributed by atoms with Crippen LogP contribution in [-0.4, -0.2) is 30.4 Å². The van der Waals surface area contributed by atoms with Crippen LogP contribution in [0.15, 0.2) is 34.9 Å². The van der Waals surface area contributed by atoms with Crippen molar-refractivity contribution in [3.8, 4) is 0 Å². The van der Waals surface area contributed by atoms with Gasteiger partial charge in [0.05, 0.1) is 15.9 Å². The fourth-order valence-corrected chi connectivity index (χ4v) is 3.60. The molecule has 1 unspecified atom stereocenters. The van der Waals surface area contributed by atoms with Gasteiger partial charge in [0.2, 0.25) is 5.91 Å². The van der Waals surface area contributed by atoms with E-state index in [4.69, 9.17) is 11.6 Å². The van der Waals surface area contributed by atoms with E-state index in [0.717, 1.165) is 5.56 Å². The number of amides is 1. The summed E-state index contributed by atoms with van der Waals surface area (Å²) in [6.45, 7) is 5.16. The summed E-state index contributed by atoms with van der Waals surface area (Å²) in [6, 6.07) is 6.67. The highest BCUT2D eigenvalue weighted by Gasteiger charge is 2.27. The first kappa shape index (κ1) is 21.0. The van der Waals surface area contributed by atoms with Crippen molar-refractivity contribution in [2.24, 2.45) is 0 Å². The van der Waals surface area contributed by atoms with Crippen LogP contribution in [0.25, 0.3) is 0 Å². The highest BCUT2D eigenvalue weighted by Crippen LogP contribution is 2.27. The number of carbonyl (C=O) groups excluding carboxylic acids is 1. The van der Waals surface area contributed by atoms with Crippen LogP contribution in [0.3, 0.4) is 0 Å². The van der Waals surface area contributed by atoms with E-state index >= 15 is 0 Å². The minimum Gasteiger partial charge on any atom is -0.306 e. The summed E-state index contributed by atoms with van der Waals surface area (Å²) in [5, 5.41) is 23.1. The van der Waals surface area contributed by atoms with E-state index in [-0.39, 0.29) is 11.4 Å². The van der Waals surface area contributed by atoms with Crippen molar-refractivity contribution in [1.29, 1.82) is 0 Å². The van der Waals surface area contributed by atoms with E-state index in [1.165, 1.54) is 4.68 Å². The lowest BCUT2D eigenvalue weighted by Gasteiger charge is -2.13. The number of nitro groups is 1. The molecule has 1 N–H and O–H groups in total. The minimum atomic E-state index is -0.761. The second kappa shape index (κ2) is 8.34. The largest absolute Gasteiger partial charge is 0.312 e. The second-order valence-corrected chi connectivity index (χ2v) is 7.76. The monoisotopic (exact) mass is 480 g/mol. The van der Waals surface area contributed by atoms with Gasteiger partial charge in [0.25, 0.3) is 0 Å². The summed E-state index contributed by atoms with van der Waals surface area (Å²) < 4.78 is 3.60. The standard InChI is InChI=1S/C18H18BrClN6O3/c1-10-16(26(28)29)11(2)25(22-10)12(3)18(27)21-17-14(19)9-24(23-17)8-13-6-4-5-7-15(13)20/h4-7,9,12H,8H2,1-3H3,(H,21,23,27). The van der Waals surface area contributed by atoms with E-state index in [2.05, 4.69) is 31.4 Å². The molecule has 0 aliphatic carbocycles. The number of aromatic nitrogens is 4. The summed E-state index contributed by atoms with van der Waals surface area (Å²) in [4.78, 5) is 23.4. The van der Waals surface area contributed by atoms with Crippen molar-refractivity contribution in [2.75, 3.05) is 5.32 Å². The molecule has 3 rings (SSSR count). The maximum atomic E-state index is 12.7. The molecule has 2 aromatic heterocycles. The van der Waals surface area contributed by atoms with E-state index in [1.807, 2.05) is 18.2 Å². The summed E-state index contributed by atoms with van der Waals surface area (Å²) in [6.07, 6.45) is 1.73. The van der Waals surface area contributed by atoms with Crippen LogP contribution >= 0.6 is 27.5 Å². The number of carbonyl (C=O) groups is 1. The lowest BCUT2D eigenvalue weighted by atomic mass is 10.2. The van der Waals surface area contributed by atoms with Crippen molar-refractivity contribution >= 4 is 44.9 Å². The number of nitrogens with one attached hydrogen (secondary N) is 1. The average Bonchev–Trinajstić information content (AvgIpc) is 3.14. The molecule has 11 heteroatoms. The Morgan fingerprint density at radius 2 is 2.03 bits per heavy atom. The van der Waals surface area contributed by atoms with E-state index < -0.39 is 16.9 Å². The van der Waals surface area contributed by atoms with Crippen LogP contribution in [0.2, 0.25) is 5.02 Å². The molecule has 1 amide bonds. The van der Waals surface area contributed by atoms with Gasteiger partial charge in [-0.05, 0) is 48.3 Å². The molecular weight excluding hydrogens is 464 g/mol. The lowest BCUT2D eigenvalue weighted by molar-refractivity contribution is -0.386. The van der Waals surface area contributed by atoms with Crippen LogP contribution in [-0.2, 0) is 11.3 Å². The number of nitrogens with zero attached hydrogens (tertiary/aromatic N) is 5. The summed E-state index contributed by atoms with van der Waals surface area (Å²) >= 11 is 9.58. The third-order valence-corrected chi connectivity index (χ3v) is 5.41. The van der Waals surface area contributed by atoms with Crippen LogP contribution in [0.5, 0.6) is 0 Å². The van der Waals surface area contributed by atoms with Gasteiger partial charge in [-0.2, -0.15) is 10.2 Å². The molecule has 3 aromatic rings. The predicted octanol–water partition coefficient (Wildman–Crippen LogP) is 4.27. The van der Waals surface area contributed by atoms with Gasteiger partial charge in [0.15, 0.2) is 5.82 Å². The van der Waals surface area contributed by atoms with Crippen molar-refractivity contribution in [1.82, 2.24) is 19.6 Å². The minimum absolute atomic E-state index is 0.0881. The SMILES string of the molecule is Cc1nn(C(C)C(=O)Nc2nn(Cc3ccccc3Cl)cc2Br)c(C)c1[N+](=O)[O-]. The number of hydrogen-bond acceptors (Lipinski definition) is 5. The van der Waals surface area contributed by atoms with Crippen molar-refractivity contribution in [3.63, 3.8) is 0 Å². The molecule has 1 aromatic carbocycles. The molecule has 2 heterocycles. The molecule has 9 nitrogen and oxygen atoms in total. The van der Waals surface area contributed by atoms with Crippen LogP contribution < -0.4 is 5.32 Å². The number of halogens is 2. The maximum absolute atomic E-state index is 12.7. The van der Waals surface area contributed by atoms with Gasteiger partial charge in [-0.15, -0.1) is 0 Å². The molecule has 0 fully saturated rings. The number of aryl methyl sites for hydroxylation is 1. The third-order valence-electron chi connectivity index (χ3n) is 4.46. The van der Waals surface area contributed by atoms with Gasteiger partial charge in [-0.25, -0.2) is 0 Å². The van der Waals surface area contributed by atoms with Crippen LogP contribution in [0, 0.1) is 24.0 Å². The van der Waals surface area contributed by atoms with Gasteiger partial charge in [0.1, 0.15) is 17.4 Å². The summed E-state index contributed by atoms with van der Waals surface area (Å²) in [5.74, 6) is -0.0564. The Bertz CT molecular complexity index is 1090. The van der Waals surface area contributed by atoms with Crippen LogP contribution in [0.4, 0.5) is 11.5 Å². The molecule has 0 saturated carbocycles. The first-order chi connectivity index (χ1) is 13.7.